The molecule has 0 amide bonds. The molecule has 0 fully saturated rings. The maximum atomic E-state index is 12.0. The predicted octanol–water partition coefficient (Wildman–Crippen LogP) is 1.34. The van der Waals surface area contributed by atoms with Crippen molar-refractivity contribution >= 4 is 27.5 Å². The zero-order valence-electron chi connectivity index (χ0n) is 10.3. The van der Waals surface area contributed by atoms with Gasteiger partial charge in [0.1, 0.15) is 4.90 Å². The number of nitrogens with zero attached hydrogens (tertiary/aromatic N) is 1. The van der Waals surface area contributed by atoms with Crippen molar-refractivity contribution in [2.45, 2.75) is 4.90 Å². The summed E-state index contributed by atoms with van der Waals surface area (Å²) >= 11 is 1.58. The summed E-state index contributed by atoms with van der Waals surface area (Å²) in [5, 5.41) is 8.70. The van der Waals surface area contributed by atoms with E-state index >= 15 is 0 Å². The molecule has 0 aromatic heterocycles. The molecular formula is C12H15N3O2S2. The van der Waals surface area contributed by atoms with E-state index in [1.807, 2.05) is 6.07 Å². The average Bonchev–Trinajstić information content (AvgIpc) is 2.37. The van der Waals surface area contributed by atoms with Crippen LogP contribution in [0.5, 0.6) is 0 Å². The lowest BCUT2D eigenvalue weighted by Gasteiger charge is -2.08. The van der Waals surface area contributed by atoms with Gasteiger partial charge in [-0.2, -0.15) is 17.0 Å². The Kier molecular flexibility index (Phi) is 5.89. The Bertz CT molecular complexity index is 591. The van der Waals surface area contributed by atoms with Gasteiger partial charge in [-0.3, -0.25) is 0 Å². The molecule has 0 aliphatic heterocycles. The maximum absolute atomic E-state index is 12.0. The second-order valence-corrected chi connectivity index (χ2v) is 6.51. The molecule has 3 N–H and O–H groups in total. The highest BCUT2D eigenvalue weighted by molar-refractivity contribution is 7.99. The van der Waals surface area contributed by atoms with Gasteiger partial charge in [0.15, 0.2) is 0 Å². The quantitative estimate of drug-likeness (QED) is 0.450. The van der Waals surface area contributed by atoms with E-state index < -0.39 is 10.0 Å². The van der Waals surface area contributed by atoms with Gasteiger partial charge in [0.05, 0.1) is 17.3 Å². The Hall–Kier alpha value is -1.49. The van der Waals surface area contributed by atoms with Crippen molar-refractivity contribution in [3.05, 3.63) is 36.4 Å². The van der Waals surface area contributed by atoms with E-state index in [9.17, 15) is 8.42 Å². The normalized spacial score (nSPS) is 10.9. The van der Waals surface area contributed by atoms with Crippen LogP contribution in [0, 0.1) is 11.3 Å². The van der Waals surface area contributed by atoms with Gasteiger partial charge in [-0.15, -0.1) is 6.58 Å². The smallest absolute Gasteiger partial charge is 0.242 e. The Morgan fingerprint density at radius 3 is 2.84 bits per heavy atom. The van der Waals surface area contributed by atoms with Crippen LogP contribution in [0.3, 0.4) is 0 Å². The molecule has 0 spiro atoms. The number of hydrogen-bond acceptors (Lipinski definition) is 5. The topological polar surface area (TPSA) is 96.0 Å². The minimum atomic E-state index is -3.63. The monoisotopic (exact) mass is 297 g/mol. The first-order valence-electron chi connectivity index (χ1n) is 5.49. The zero-order valence-corrected chi connectivity index (χ0v) is 11.9. The minimum Gasteiger partial charge on any atom is -0.398 e. The third-order valence-electron chi connectivity index (χ3n) is 2.20. The van der Waals surface area contributed by atoms with Gasteiger partial charge in [-0.05, 0) is 18.2 Å². The molecule has 0 bridgehead atoms. The molecule has 0 radical (unpaired) electrons. The molecule has 0 unspecified atom stereocenters. The number of anilines is 1. The van der Waals surface area contributed by atoms with Gasteiger partial charge in [0, 0.05) is 18.1 Å². The summed E-state index contributed by atoms with van der Waals surface area (Å²) in [7, 11) is -3.63. The van der Waals surface area contributed by atoms with E-state index in [1.165, 1.54) is 18.2 Å². The molecular weight excluding hydrogens is 282 g/mol. The van der Waals surface area contributed by atoms with Crippen molar-refractivity contribution in [1.29, 1.82) is 5.26 Å². The van der Waals surface area contributed by atoms with E-state index in [-0.39, 0.29) is 10.6 Å². The van der Waals surface area contributed by atoms with Crippen LogP contribution in [0.2, 0.25) is 0 Å². The first kappa shape index (κ1) is 15.6. The van der Waals surface area contributed by atoms with Crippen molar-refractivity contribution < 1.29 is 8.42 Å². The molecule has 5 nitrogen and oxygen atoms in total. The number of thioether (sulfide) groups is 1. The van der Waals surface area contributed by atoms with Crippen molar-refractivity contribution in [2.75, 3.05) is 23.8 Å². The number of nitriles is 1. The molecule has 1 rings (SSSR count). The number of rotatable bonds is 7. The first-order valence-corrected chi connectivity index (χ1v) is 8.13. The molecule has 102 valence electrons. The largest absolute Gasteiger partial charge is 0.398 e. The zero-order chi connectivity index (χ0) is 14.3. The SMILES string of the molecule is C=CCSCCNS(=O)(=O)c1ccc(C#N)cc1N. The lowest BCUT2D eigenvalue weighted by atomic mass is 10.2. The van der Waals surface area contributed by atoms with Gasteiger partial charge >= 0.3 is 0 Å². The van der Waals surface area contributed by atoms with Crippen molar-refractivity contribution in [1.82, 2.24) is 4.72 Å². The number of hydrogen-bond donors (Lipinski definition) is 2. The summed E-state index contributed by atoms with van der Waals surface area (Å²) < 4.78 is 26.4. The number of sulfonamides is 1. The standard InChI is InChI=1S/C12H15N3O2S2/c1-2-6-18-7-5-15-19(16,17)12-4-3-10(9-13)8-11(12)14/h2-4,8,15H,1,5-7,14H2. The van der Waals surface area contributed by atoms with Crippen LogP contribution in [0.25, 0.3) is 0 Å². The summed E-state index contributed by atoms with van der Waals surface area (Å²) in [6, 6.07) is 6.02. The fraction of sp³-hybridized carbons (Fsp3) is 0.250. The van der Waals surface area contributed by atoms with Crippen LogP contribution < -0.4 is 10.5 Å². The first-order chi connectivity index (χ1) is 9.01. The van der Waals surface area contributed by atoms with Crippen LogP contribution in [0.4, 0.5) is 5.69 Å². The van der Waals surface area contributed by atoms with E-state index in [1.54, 1.807) is 17.8 Å². The highest BCUT2D eigenvalue weighted by Crippen LogP contribution is 2.19. The summed E-state index contributed by atoms with van der Waals surface area (Å²) in [5.74, 6) is 1.43. The van der Waals surface area contributed by atoms with Crippen LogP contribution >= 0.6 is 11.8 Å². The molecule has 0 saturated carbocycles. The Morgan fingerprint density at radius 1 is 1.53 bits per heavy atom. The van der Waals surface area contributed by atoms with Gasteiger partial charge in [0.2, 0.25) is 10.0 Å². The van der Waals surface area contributed by atoms with Crippen molar-refractivity contribution in [3.8, 4) is 6.07 Å². The number of nitrogen functional groups attached to an aromatic ring is 1. The van der Waals surface area contributed by atoms with Crippen LogP contribution in [0.1, 0.15) is 5.56 Å². The van der Waals surface area contributed by atoms with E-state index in [2.05, 4.69) is 11.3 Å². The van der Waals surface area contributed by atoms with Crippen molar-refractivity contribution in [2.24, 2.45) is 0 Å². The molecule has 7 heteroatoms. The number of nitrogens with one attached hydrogen (secondary N) is 1. The van der Waals surface area contributed by atoms with Gasteiger partial charge in [0.25, 0.3) is 0 Å². The van der Waals surface area contributed by atoms with Gasteiger partial charge < -0.3 is 5.73 Å². The molecule has 0 aliphatic carbocycles. The van der Waals surface area contributed by atoms with Crippen molar-refractivity contribution in [3.63, 3.8) is 0 Å². The number of nitrogens with two attached hydrogens (primary N) is 1. The Balaban J connectivity index is 2.72. The molecule has 19 heavy (non-hydrogen) atoms. The Morgan fingerprint density at radius 2 is 2.26 bits per heavy atom. The molecule has 1 aromatic carbocycles. The molecule has 0 heterocycles. The second-order valence-electron chi connectivity index (χ2n) is 3.63. The lowest BCUT2D eigenvalue weighted by molar-refractivity contribution is 0.584. The second kappa shape index (κ2) is 7.19. The van der Waals surface area contributed by atoms with E-state index in [0.29, 0.717) is 17.9 Å². The fourth-order valence-corrected chi connectivity index (χ4v) is 3.21. The lowest BCUT2D eigenvalue weighted by Crippen LogP contribution is -2.26. The third-order valence-corrected chi connectivity index (χ3v) is 4.70. The number of benzene rings is 1. The van der Waals surface area contributed by atoms with Crippen LogP contribution in [-0.2, 0) is 10.0 Å². The Labute approximate surface area is 117 Å². The maximum Gasteiger partial charge on any atom is 0.242 e. The van der Waals surface area contributed by atoms with Crippen LogP contribution in [-0.4, -0.2) is 26.5 Å². The molecule has 0 aliphatic rings. The highest BCUT2D eigenvalue weighted by atomic mass is 32.2. The van der Waals surface area contributed by atoms with Crippen LogP contribution in [0.15, 0.2) is 35.7 Å². The summed E-state index contributed by atoms with van der Waals surface area (Å²) in [5.41, 5.74) is 6.05. The fourth-order valence-electron chi connectivity index (χ4n) is 1.36. The highest BCUT2D eigenvalue weighted by Gasteiger charge is 2.16. The van der Waals surface area contributed by atoms with Gasteiger partial charge in [-0.1, -0.05) is 6.08 Å². The third kappa shape index (κ3) is 4.59. The predicted molar refractivity (Wildman–Crippen MR) is 78.3 cm³/mol. The van der Waals surface area contributed by atoms with E-state index in [0.717, 1.165) is 5.75 Å². The minimum absolute atomic E-state index is 0.000204. The average molecular weight is 297 g/mol. The molecule has 1 aromatic rings. The molecule has 0 atom stereocenters. The summed E-state index contributed by atoms with van der Waals surface area (Å²) in [4.78, 5) is 0.000204. The summed E-state index contributed by atoms with van der Waals surface area (Å²) in [6.45, 7) is 3.90. The summed E-state index contributed by atoms with van der Waals surface area (Å²) in [6.07, 6.45) is 1.76. The van der Waals surface area contributed by atoms with E-state index in [4.69, 9.17) is 11.0 Å². The van der Waals surface area contributed by atoms with Gasteiger partial charge in [-0.25, -0.2) is 13.1 Å². The molecule has 0 saturated heterocycles.